The number of amides is 1. The molecule has 0 unspecified atom stereocenters. The van der Waals surface area contributed by atoms with E-state index in [4.69, 9.17) is 5.73 Å². The van der Waals surface area contributed by atoms with Gasteiger partial charge in [0.1, 0.15) is 5.82 Å². The van der Waals surface area contributed by atoms with Crippen molar-refractivity contribution in [3.05, 3.63) is 29.1 Å². The smallest absolute Gasteiger partial charge is 0.254 e. The average Bonchev–Trinajstić information content (AvgIpc) is 2.42. The number of hydrogen-bond acceptors (Lipinski definition) is 2. The van der Waals surface area contributed by atoms with E-state index in [9.17, 15) is 9.18 Å². The molecule has 1 aliphatic carbocycles. The zero-order valence-corrected chi connectivity index (χ0v) is 13.4. The predicted octanol–water partition coefficient (Wildman–Crippen LogP) is 3.76. The Labute approximate surface area is 126 Å². The van der Waals surface area contributed by atoms with Gasteiger partial charge >= 0.3 is 0 Å². The van der Waals surface area contributed by atoms with Crippen molar-refractivity contribution in [2.24, 2.45) is 5.41 Å². The maximum atomic E-state index is 13.8. The van der Waals surface area contributed by atoms with Crippen LogP contribution in [0.2, 0.25) is 0 Å². The van der Waals surface area contributed by atoms with E-state index >= 15 is 0 Å². The van der Waals surface area contributed by atoms with E-state index in [0.29, 0.717) is 22.2 Å². The second-order valence-corrected chi connectivity index (χ2v) is 6.98. The number of carbonyl (C=O) groups is 1. The predicted molar refractivity (Wildman–Crippen MR) is 83.7 cm³/mol. The number of carbonyl (C=O) groups excluding carboxylic acids is 1. The van der Waals surface area contributed by atoms with Crippen molar-refractivity contribution in [3.63, 3.8) is 0 Å². The molecule has 0 heterocycles. The molecular weight excluding hydrogens is 267 g/mol. The van der Waals surface area contributed by atoms with Crippen molar-refractivity contribution in [2.75, 3.05) is 12.8 Å². The van der Waals surface area contributed by atoms with Gasteiger partial charge in [-0.3, -0.25) is 4.79 Å². The molecule has 0 bridgehead atoms. The third-order valence-corrected chi connectivity index (χ3v) is 4.81. The fourth-order valence-corrected chi connectivity index (χ4v) is 2.96. The minimum Gasteiger partial charge on any atom is -0.398 e. The maximum Gasteiger partial charge on any atom is 0.254 e. The molecule has 0 spiro atoms. The van der Waals surface area contributed by atoms with Crippen LogP contribution in [0, 0.1) is 18.2 Å². The second-order valence-electron chi connectivity index (χ2n) is 6.98. The van der Waals surface area contributed by atoms with E-state index in [2.05, 4.69) is 13.8 Å². The van der Waals surface area contributed by atoms with Gasteiger partial charge in [-0.1, -0.05) is 13.8 Å². The number of nitrogens with two attached hydrogens (primary N) is 1. The summed E-state index contributed by atoms with van der Waals surface area (Å²) in [4.78, 5) is 14.3. The van der Waals surface area contributed by atoms with Crippen molar-refractivity contribution in [1.29, 1.82) is 0 Å². The Hall–Kier alpha value is -1.58. The number of benzene rings is 1. The van der Waals surface area contributed by atoms with Gasteiger partial charge in [0, 0.05) is 29.9 Å². The van der Waals surface area contributed by atoms with Crippen LogP contribution in [0.1, 0.15) is 55.5 Å². The highest BCUT2D eigenvalue weighted by atomic mass is 19.1. The lowest BCUT2D eigenvalue weighted by atomic mass is 9.75. The fraction of sp³-hybridized carbons (Fsp3) is 0.588. The molecule has 4 heteroatoms. The number of halogens is 1. The lowest BCUT2D eigenvalue weighted by Gasteiger charge is -2.38. The molecule has 1 aromatic carbocycles. The fourth-order valence-electron chi connectivity index (χ4n) is 2.96. The summed E-state index contributed by atoms with van der Waals surface area (Å²) in [6, 6.07) is 3.09. The standard InChI is InChI=1S/C17H25FN2O/c1-11-14(18)9-12(10-15(11)19)16(21)20(4)13-5-7-17(2,3)8-6-13/h9-10,13H,5-8,19H2,1-4H3. The average molecular weight is 292 g/mol. The van der Waals surface area contributed by atoms with Crippen molar-refractivity contribution >= 4 is 11.6 Å². The van der Waals surface area contributed by atoms with Crippen LogP contribution in [0.25, 0.3) is 0 Å². The molecule has 116 valence electrons. The summed E-state index contributed by atoms with van der Waals surface area (Å²) in [6.07, 6.45) is 4.22. The molecule has 0 atom stereocenters. The van der Waals surface area contributed by atoms with Gasteiger partial charge in [0.05, 0.1) is 0 Å². The molecule has 2 N–H and O–H groups in total. The Kier molecular flexibility index (Phi) is 4.26. The zero-order valence-electron chi connectivity index (χ0n) is 13.4. The molecule has 1 fully saturated rings. The normalized spacial score (nSPS) is 18.5. The van der Waals surface area contributed by atoms with Crippen molar-refractivity contribution in [3.8, 4) is 0 Å². The van der Waals surface area contributed by atoms with E-state index in [1.807, 2.05) is 0 Å². The van der Waals surface area contributed by atoms with Crippen molar-refractivity contribution in [1.82, 2.24) is 4.90 Å². The number of anilines is 1. The van der Waals surface area contributed by atoms with Crippen LogP contribution in [0.4, 0.5) is 10.1 Å². The van der Waals surface area contributed by atoms with E-state index in [0.717, 1.165) is 25.7 Å². The molecule has 3 nitrogen and oxygen atoms in total. The summed E-state index contributed by atoms with van der Waals surface area (Å²) < 4.78 is 13.8. The van der Waals surface area contributed by atoms with Crippen LogP contribution < -0.4 is 5.73 Å². The van der Waals surface area contributed by atoms with Gasteiger partial charge in [0.15, 0.2) is 0 Å². The van der Waals surface area contributed by atoms with Crippen LogP contribution >= 0.6 is 0 Å². The van der Waals surface area contributed by atoms with Crippen molar-refractivity contribution < 1.29 is 9.18 Å². The molecule has 0 radical (unpaired) electrons. The van der Waals surface area contributed by atoms with Crippen LogP contribution in [0.3, 0.4) is 0 Å². The number of rotatable bonds is 2. The summed E-state index contributed by atoms with van der Waals surface area (Å²) in [7, 11) is 1.80. The minimum atomic E-state index is -0.420. The first kappa shape index (κ1) is 15.8. The Bertz CT molecular complexity index is 521. The maximum absolute atomic E-state index is 13.8. The Morgan fingerprint density at radius 1 is 1.33 bits per heavy atom. The zero-order chi connectivity index (χ0) is 15.8. The van der Waals surface area contributed by atoms with Crippen LogP contribution in [0.15, 0.2) is 12.1 Å². The lowest BCUT2D eigenvalue weighted by molar-refractivity contribution is 0.0635. The number of hydrogen-bond donors (Lipinski definition) is 1. The van der Waals surface area contributed by atoms with Gasteiger partial charge < -0.3 is 10.6 Å². The largest absolute Gasteiger partial charge is 0.398 e. The first-order chi connectivity index (χ1) is 9.71. The molecule has 21 heavy (non-hydrogen) atoms. The summed E-state index contributed by atoms with van der Waals surface area (Å²) in [6.45, 7) is 6.15. The van der Waals surface area contributed by atoms with Crippen molar-refractivity contribution in [2.45, 2.75) is 52.5 Å². The van der Waals surface area contributed by atoms with Crippen LogP contribution in [-0.4, -0.2) is 23.9 Å². The third-order valence-electron chi connectivity index (χ3n) is 4.81. The molecular formula is C17H25FN2O. The Balaban J connectivity index is 2.13. The first-order valence-electron chi connectivity index (χ1n) is 7.54. The minimum absolute atomic E-state index is 0.148. The summed E-state index contributed by atoms with van der Waals surface area (Å²) >= 11 is 0. The summed E-state index contributed by atoms with van der Waals surface area (Å²) in [5.41, 5.74) is 7.19. The topological polar surface area (TPSA) is 46.3 Å². The summed E-state index contributed by atoms with van der Waals surface area (Å²) in [5.74, 6) is -0.568. The van der Waals surface area contributed by atoms with E-state index < -0.39 is 5.82 Å². The van der Waals surface area contributed by atoms with Gasteiger partial charge in [-0.25, -0.2) is 4.39 Å². The van der Waals surface area contributed by atoms with Gasteiger partial charge in [-0.15, -0.1) is 0 Å². The third kappa shape index (κ3) is 3.36. The molecule has 0 aromatic heterocycles. The first-order valence-corrected chi connectivity index (χ1v) is 7.54. The van der Waals surface area contributed by atoms with Gasteiger partial charge in [0.25, 0.3) is 5.91 Å². The van der Waals surface area contributed by atoms with E-state index in [1.165, 1.54) is 6.07 Å². The SMILES string of the molecule is Cc1c(N)cc(C(=O)N(C)C2CCC(C)(C)CC2)cc1F. The van der Waals surface area contributed by atoms with Gasteiger partial charge in [0.2, 0.25) is 0 Å². The van der Waals surface area contributed by atoms with Gasteiger partial charge in [-0.2, -0.15) is 0 Å². The Morgan fingerprint density at radius 2 is 1.90 bits per heavy atom. The second kappa shape index (κ2) is 5.66. The molecule has 1 saturated carbocycles. The van der Waals surface area contributed by atoms with E-state index in [1.54, 1.807) is 24.9 Å². The van der Waals surface area contributed by atoms with Crippen LogP contribution in [-0.2, 0) is 0 Å². The molecule has 1 aliphatic rings. The Morgan fingerprint density at radius 3 is 2.43 bits per heavy atom. The quantitative estimate of drug-likeness (QED) is 0.844. The highest BCUT2D eigenvalue weighted by Crippen LogP contribution is 2.37. The highest BCUT2D eigenvalue weighted by Gasteiger charge is 2.31. The molecule has 1 amide bonds. The molecule has 2 rings (SSSR count). The molecule has 0 aliphatic heterocycles. The van der Waals surface area contributed by atoms with Gasteiger partial charge in [-0.05, 0) is 50.2 Å². The van der Waals surface area contributed by atoms with Crippen LogP contribution in [0.5, 0.6) is 0 Å². The molecule has 0 saturated heterocycles. The number of nitrogens with zero attached hydrogens (tertiary/aromatic N) is 1. The number of nitrogen functional groups attached to an aromatic ring is 1. The van der Waals surface area contributed by atoms with E-state index in [-0.39, 0.29) is 11.9 Å². The highest BCUT2D eigenvalue weighted by molar-refractivity contribution is 5.95. The lowest BCUT2D eigenvalue weighted by Crippen LogP contribution is -2.40. The molecule has 1 aromatic rings. The monoisotopic (exact) mass is 292 g/mol. The summed E-state index contributed by atoms with van der Waals surface area (Å²) in [5, 5.41) is 0.